The summed E-state index contributed by atoms with van der Waals surface area (Å²) in [5, 5.41) is 12.2. The fourth-order valence-corrected chi connectivity index (χ4v) is 2.81. The van der Waals surface area contributed by atoms with E-state index in [0.717, 1.165) is 4.68 Å². The third-order valence-corrected chi connectivity index (χ3v) is 4.33. The van der Waals surface area contributed by atoms with Gasteiger partial charge in [0.2, 0.25) is 0 Å². The molecule has 14 heteroatoms. The van der Waals surface area contributed by atoms with Crippen LogP contribution in [0.3, 0.4) is 0 Å². The van der Waals surface area contributed by atoms with Gasteiger partial charge in [0.15, 0.2) is 11.4 Å². The van der Waals surface area contributed by atoms with Gasteiger partial charge in [-0.1, -0.05) is 16.8 Å². The van der Waals surface area contributed by atoms with Crippen LogP contribution in [0.25, 0.3) is 5.69 Å². The lowest BCUT2D eigenvalue weighted by atomic mass is 10.3. The molecule has 0 aliphatic rings. The molecule has 0 aliphatic carbocycles. The molecule has 0 fully saturated rings. The summed E-state index contributed by atoms with van der Waals surface area (Å²) in [5.41, 5.74) is 3.47. The lowest BCUT2D eigenvalue weighted by Gasteiger charge is -2.07. The van der Waals surface area contributed by atoms with Crippen LogP contribution >= 0.6 is 11.6 Å². The van der Waals surface area contributed by atoms with Crippen molar-refractivity contribution in [2.75, 3.05) is 0 Å². The number of hydrogen-bond acceptors (Lipinski definition) is 8. The average molecular weight is 421 g/mol. The Bertz CT molecular complexity index is 1110. The molecule has 0 unspecified atom stereocenters. The first-order valence-corrected chi connectivity index (χ1v) is 8.63. The first-order valence-electron chi connectivity index (χ1n) is 8.25. The highest BCUT2D eigenvalue weighted by molar-refractivity contribution is 6.30. The number of nitrogens with zero attached hydrogens (tertiary/aromatic N) is 6. The summed E-state index contributed by atoms with van der Waals surface area (Å²) in [7, 11) is 0. The first-order chi connectivity index (χ1) is 13.9. The maximum atomic E-state index is 12.7. The molecule has 6 N–H and O–H groups in total. The lowest BCUT2D eigenvalue weighted by Crippen LogP contribution is -2.36. The van der Waals surface area contributed by atoms with E-state index in [9.17, 15) is 14.4 Å². The highest BCUT2D eigenvalue weighted by Gasteiger charge is 2.25. The van der Waals surface area contributed by atoms with Crippen LogP contribution in [0.15, 0.2) is 29.1 Å². The van der Waals surface area contributed by atoms with Crippen LogP contribution in [0, 0.1) is 6.92 Å². The minimum absolute atomic E-state index is 0.0423. The highest BCUT2D eigenvalue weighted by atomic mass is 35.5. The second-order valence-corrected chi connectivity index (χ2v) is 6.26. The van der Waals surface area contributed by atoms with Crippen LogP contribution < -0.4 is 28.2 Å². The highest BCUT2D eigenvalue weighted by Crippen LogP contribution is 2.12. The van der Waals surface area contributed by atoms with E-state index >= 15 is 0 Å². The Balaban J connectivity index is 1.90. The van der Waals surface area contributed by atoms with Gasteiger partial charge < -0.3 is 0 Å². The number of hydrazine groups is 2. The number of rotatable bonds is 6. The summed E-state index contributed by atoms with van der Waals surface area (Å²) < 4.78 is 3.77. The molecule has 2 heterocycles. The second-order valence-electron chi connectivity index (χ2n) is 5.83. The Kier molecular flexibility index (Phi) is 5.72. The van der Waals surface area contributed by atoms with Crippen LogP contribution in [0.5, 0.6) is 0 Å². The van der Waals surface area contributed by atoms with Crippen LogP contribution in [0.2, 0.25) is 5.02 Å². The Morgan fingerprint density at radius 2 is 1.76 bits per heavy atom. The number of aromatic nitrogens is 6. The van der Waals surface area contributed by atoms with Gasteiger partial charge in [-0.15, -0.1) is 5.10 Å². The molecule has 13 nitrogen and oxygen atoms in total. The van der Waals surface area contributed by atoms with Crippen molar-refractivity contribution >= 4 is 23.4 Å². The third-order valence-electron chi connectivity index (χ3n) is 4.08. The molecule has 0 saturated carbocycles. The van der Waals surface area contributed by atoms with Crippen molar-refractivity contribution in [3.63, 3.8) is 0 Å². The number of nitrogen functional groups attached to an aromatic ring is 2. The van der Waals surface area contributed by atoms with E-state index in [4.69, 9.17) is 23.3 Å². The molecule has 3 aromatic rings. The van der Waals surface area contributed by atoms with Crippen molar-refractivity contribution in [3.05, 3.63) is 57.0 Å². The summed E-state index contributed by atoms with van der Waals surface area (Å²) in [4.78, 5) is 36.6. The minimum Gasteiger partial charge on any atom is -0.289 e. The van der Waals surface area contributed by atoms with Crippen molar-refractivity contribution in [1.82, 2.24) is 40.2 Å². The Morgan fingerprint density at radius 1 is 1.10 bits per heavy atom. The van der Waals surface area contributed by atoms with Crippen LogP contribution in [-0.4, -0.2) is 41.2 Å². The number of benzene rings is 1. The first kappa shape index (κ1) is 20.2. The fourth-order valence-electron chi connectivity index (χ4n) is 2.68. The minimum atomic E-state index is -0.807. The number of aryl methyl sites for hydroxylation is 2. The topological polar surface area (TPSA) is 181 Å². The molecule has 2 aromatic heterocycles. The monoisotopic (exact) mass is 420 g/mol. The molecule has 0 saturated heterocycles. The van der Waals surface area contributed by atoms with Gasteiger partial charge in [0.1, 0.15) is 5.82 Å². The summed E-state index contributed by atoms with van der Waals surface area (Å²) in [6.45, 7) is 1.81. The number of halogens is 1. The van der Waals surface area contributed by atoms with Crippen LogP contribution in [0.1, 0.15) is 26.8 Å². The summed E-state index contributed by atoms with van der Waals surface area (Å²) in [6, 6.07) is 6.63. The number of nitrogens with one attached hydrogen (secondary N) is 2. The number of hydrogen-bond donors (Lipinski definition) is 4. The van der Waals surface area contributed by atoms with E-state index in [0.29, 0.717) is 16.5 Å². The number of carbonyl (C=O) groups excluding carboxylic acids is 2. The van der Waals surface area contributed by atoms with Gasteiger partial charge in [-0.2, -0.15) is 9.78 Å². The van der Waals surface area contributed by atoms with Gasteiger partial charge in [0.05, 0.1) is 12.2 Å². The molecule has 2 amide bonds. The number of amides is 2. The van der Waals surface area contributed by atoms with E-state index in [-0.39, 0.29) is 24.5 Å². The molecule has 0 spiro atoms. The zero-order chi connectivity index (χ0) is 21.1. The molecule has 0 atom stereocenters. The molecule has 152 valence electrons. The fraction of sp³-hybridized carbons (Fsp3) is 0.200. The summed E-state index contributed by atoms with van der Waals surface area (Å²) in [5.74, 6) is 9.11. The average Bonchev–Trinajstić information content (AvgIpc) is 3.27. The quantitative estimate of drug-likeness (QED) is 0.211. The Morgan fingerprint density at radius 3 is 2.38 bits per heavy atom. The van der Waals surface area contributed by atoms with E-state index in [1.807, 2.05) is 10.9 Å². The van der Waals surface area contributed by atoms with Crippen molar-refractivity contribution in [3.8, 4) is 5.69 Å². The van der Waals surface area contributed by atoms with E-state index < -0.39 is 17.5 Å². The summed E-state index contributed by atoms with van der Waals surface area (Å²) in [6.07, 6.45) is 0. The van der Waals surface area contributed by atoms with E-state index in [2.05, 4.69) is 15.4 Å². The van der Waals surface area contributed by atoms with Gasteiger partial charge >= 0.3 is 5.69 Å². The Hall–Kier alpha value is -3.55. The zero-order valence-electron chi connectivity index (χ0n) is 15.2. The molecule has 1 aromatic carbocycles. The standard InChI is InChI=1S/C15H17ClN10O3/c1-8-22-26(10-4-2-9(16)3-5-10)15(29)24(8)6-7-25-12(14(28)20-18)11(21-23-25)13(27)19-17/h2-5H,6-7,17-18H2,1H3,(H,19,27)(H,20,28). The molecule has 0 aliphatic heterocycles. The van der Waals surface area contributed by atoms with Crippen molar-refractivity contribution in [2.45, 2.75) is 20.0 Å². The van der Waals surface area contributed by atoms with Crippen molar-refractivity contribution < 1.29 is 9.59 Å². The summed E-state index contributed by atoms with van der Waals surface area (Å²) >= 11 is 5.87. The molecule has 0 radical (unpaired) electrons. The SMILES string of the molecule is Cc1nn(-c2ccc(Cl)cc2)c(=O)n1CCn1nnc(C(=O)NN)c1C(=O)NN. The predicted molar refractivity (Wildman–Crippen MR) is 101 cm³/mol. The zero-order valence-corrected chi connectivity index (χ0v) is 15.9. The largest absolute Gasteiger partial charge is 0.350 e. The molecule has 29 heavy (non-hydrogen) atoms. The van der Waals surface area contributed by atoms with Gasteiger partial charge in [0.25, 0.3) is 11.8 Å². The van der Waals surface area contributed by atoms with Gasteiger partial charge in [-0.05, 0) is 31.2 Å². The van der Waals surface area contributed by atoms with Crippen molar-refractivity contribution in [1.29, 1.82) is 0 Å². The number of carbonyl (C=O) groups is 2. The smallest absolute Gasteiger partial charge is 0.289 e. The van der Waals surface area contributed by atoms with Crippen molar-refractivity contribution in [2.24, 2.45) is 11.7 Å². The maximum absolute atomic E-state index is 12.7. The lowest BCUT2D eigenvalue weighted by molar-refractivity contribution is 0.0910. The van der Waals surface area contributed by atoms with Crippen LogP contribution in [0.4, 0.5) is 0 Å². The van der Waals surface area contributed by atoms with Gasteiger partial charge in [-0.25, -0.2) is 21.2 Å². The maximum Gasteiger partial charge on any atom is 0.350 e. The van der Waals surface area contributed by atoms with Gasteiger partial charge in [0, 0.05) is 11.6 Å². The van der Waals surface area contributed by atoms with E-state index in [1.54, 1.807) is 31.2 Å². The van der Waals surface area contributed by atoms with Crippen LogP contribution in [-0.2, 0) is 13.1 Å². The normalized spacial score (nSPS) is 10.8. The Labute approximate surface area is 168 Å². The van der Waals surface area contributed by atoms with Gasteiger partial charge in [-0.3, -0.25) is 25.0 Å². The van der Waals surface area contributed by atoms with E-state index in [1.165, 1.54) is 9.25 Å². The molecular weight excluding hydrogens is 404 g/mol. The second kappa shape index (κ2) is 8.22. The molecular formula is C15H17ClN10O3. The predicted octanol–water partition coefficient (Wildman–Crippen LogP) is -1.51. The third kappa shape index (κ3) is 3.87. The molecule has 0 bridgehead atoms. The molecule has 3 rings (SSSR count). The number of nitrogens with two attached hydrogens (primary N) is 2.